The lowest BCUT2D eigenvalue weighted by atomic mass is 10.1. The van der Waals surface area contributed by atoms with E-state index in [4.69, 9.17) is 4.18 Å². The van der Waals surface area contributed by atoms with E-state index in [1.807, 2.05) is 26.0 Å². The van der Waals surface area contributed by atoms with Crippen LogP contribution in [0.25, 0.3) is 0 Å². The van der Waals surface area contributed by atoms with Gasteiger partial charge in [0.15, 0.2) is 0 Å². The fraction of sp³-hybridized carbons (Fsp3) is 0.278. The summed E-state index contributed by atoms with van der Waals surface area (Å²) in [7, 11) is -4.02. The van der Waals surface area contributed by atoms with E-state index in [-0.39, 0.29) is 10.8 Å². The Morgan fingerprint density at radius 3 is 2.17 bits per heavy atom. The van der Waals surface area contributed by atoms with Crippen molar-refractivity contribution in [3.63, 3.8) is 0 Å². The van der Waals surface area contributed by atoms with E-state index in [1.54, 1.807) is 26.0 Å². The molecule has 2 aromatic carbocycles. The number of amides is 1. The van der Waals surface area contributed by atoms with Crippen LogP contribution in [0.3, 0.4) is 0 Å². The van der Waals surface area contributed by atoms with E-state index in [1.165, 1.54) is 13.0 Å². The minimum Gasteiger partial charge on any atom is -0.378 e. The quantitative estimate of drug-likeness (QED) is 0.857. The van der Waals surface area contributed by atoms with Gasteiger partial charge >= 0.3 is 10.1 Å². The molecule has 0 aliphatic rings. The Balaban J connectivity index is 2.49. The highest BCUT2D eigenvalue weighted by atomic mass is 32.2. The van der Waals surface area contributed by atoms with Crippen LogP contribution in [0.4, 0.5) is 5.69 Å². The lowest BCUT2D eigenvalue weighted by Gasteiger charge is -2.15. The zero-order valence-corrected chi connectivity index (χ0v) is 15.2. The van der Waals surface area contributed by atoms with Crippen LogP contribution >= 0.6 is 0 Å². The lowest BCUT2D eigenvalue weighted by Crippen LogP contribution is -2.14. The van der Waals surface area contributed by atoms with Gasteiger partial charge in [0.25, 0.3) is 0 Å². The highest BCUT2D eigenvalue weighted by Gasteiger charge is 2.22. The number of nitrogens with one attached hydrogen (secondary N) is 1. The van der Waals surface area contributed by atoms with Gasteiger partial charge in [-0.15, -0.1) is 0 Å². The number of hydrogen-bond donors (Lipinski definition) is 1. The fourth-order valence-corrected chi connectivity index (χ4v) is 3.66. The van der Waals surface area contributed by atoms with Crippen molar-refractivity contribution in [2.75, 3.05) is 5.32 Å². The van der Waals surface area contributed by atoms with Crippen molar-refractivity contribution in [3.8, 4) is 5.75 Å². The van der Waals surface area contributed by atoms with E-state index in [0.717, 1.165) is 16.7 Å². The second-order valence-electron chi connectivity index (χ2n) is 5.85. The van der Waals surface area contributed by atoms with Gasteiger partial charge < -0.3 is 9.50 Å². The zero-order valence-electron chi connectivity index (χ0n) is 14.4. The lowest BCUT2D eigenvalue weighted by molar-refractivity contribution is -0.114. The first kappa shape index (κ1) is 18.0. The fourth-order valence-electron chi connectivity index (χ4n) is 2.36. The van der Waals surface area contributed by atoms with E-state index in [0.29, 0.717) is 17.0 Å². The molecule has 0 aromatic heterocycles. The zero-order chi connectivity index (χ0) is 18.1. The first-order valence-corrected chi connectivity index (χ1v) is 8.92. The van der Waals surface area contributed by atoms with E-state index in [2.05, 4.69) is 5.32 Å². The van der Waals surface area contributed by atoms with Crippen molar-refractivity contribution >= 4 is 21.7 Å². The molecule has 2 aromatic rings. The standard InChI is InChI=1S/C18H21NO4S/c1-11-6-7-13(3)18(14(11)4)23-24(21,22)17-10-16(19-15(5)20)9-8-12(17)2/h6-10H,1-5H3,(H,19,20). The van der Waals surface area contributed by atoms with E-state index < -0.39 is 10.1 Å². The Kier molecular flexibility index (Phi) is 4.99. The van der Waals surface area contributed by atoms with Gasteiger partial charge in [-0.25, -0.2) is 0 Å². The predicted octanol–water partition coefficient (Wildman–Crippen LogP) is 3.65. The molecule has 0 aliphatic heterocycles. The molecule has 0 atom stereocenters. The van der Waals surface area contributed by atoms with Gasteiger partial charge in [0, 0.05) is 12.6 Å². The number of rotatable bonds is 4. The molecule has 0 saturated carbocycles. The molecule has 1 amide bonds. The summed E-state index contributed by atoms with van der Waals surface area (Å²) >= 11 is 0. The molecule has 0 aliphatic carbocycles. The molecular formula is C18H21NO4S. The third kappa shape index (κ3) is 3.76. The van der Waals surface area contributed by atoms with E-state index in [9.17, 15) is 13.2 Å². The molecule has 0 saturated heterocycles. The van der Waals surface area contributed by atoms with Crippen LogP contribution in [-0.4, -0.2) is 14.3 Å². The summed E-state index contributed by atoms with van der Waals surface area (Å²) in [5.41, 5.74) is 3.45. The average molecular weight is 347 g/mol. The van der Waals surface area contributed by atoms with Crippen molar-refractivity contribution in [3.05, 3.63) is 52.6 Å². The van der Waals surface area contributed by atoms with Gasteiger partial charge in [0.1, 0.15) is 10.6 Å². The first-order valence-electron chi connectivity index (χ1n) is 7.51. The summed E-state index contributed by atoms with van der Waals surface area (Å²) < 4.78 is 30.9. The van der Waals surface area contributed by atoms with E-state index >= 15 is 0 Å². The normalized spacial score (nSPS) is 11.2. The maximum absolute atomic E-state index is 12.7. The molecule has 2 rings (SSSR count). The Bertz CT molecular complexity index is 901. The van der Waals surface area contributed by atoms with Gasteiger partial charge in [0.2, 0.25) is 5.91 Å². The van der Waals surface area contributed by atoms with Crippen LogP contribution in [0, 0.1) is 27.7 Å². The van der Waals surface area contributed by atoms with Gasteiger partial charge in [-0.1, -0.05) is 18.2 Å². The molecule has 0 heterocycles. The largest absolute Gasteiger partial charge is 0.378 e. The first-order chi connectivity index (χ1) is 11.1. The molecular weight excluding hydrogens is 326 g/mol. The number of benzene rings is 2. The van der Waals surface area contributed by atoms with Crippen LogP contribution in [0.1, 0.15) is 29.2 Å². The maximum atomic E-state index is 12.7. The van der Waals surface area contributed by atoms with Gasteiger partial charge in [-0.2, -0.15) is 8.42 Å². The second-order valence-corrected chi connectivity index (χ2v) is 7.37. The molecule has 24 heavy (non-hydrogen) atoms. The number of carbonyl (C=O) groups is 1. The third-order valence-electron chi connectivity index (χ3n) is 3.84. The maximum Gasteiger partial charge on any atom is 0.339 e. The Morgan fingerprint density at radius 1 is 0.958 bits per heavy atom. The minimum atomic E-state index is -4.02. The molecule has 0 spiro atoms. The smallest absolute Gasteiger partial charge is 0.339 e. The van der Waals surface area contributed by atoms with Crippen molar-refractivity contribution < 1.29 is 17.4 Å². The number of anilines is 1. The molecule has 6 heteroatoms. The van der Waals surface area contributed by atoms with Crippen molar-refractivity contribution in [1.82, 2.24) is 0 Å². The summed E-state index contributed by atoms with van der Waals surface area (Å²) in [5, 5.41) is 2.58. The van der Waals surface area contributed by atoms with Crippen LogP contribution in [-0.2, 0) is 14.9 Å². The molecule has 0 fully saturated rings. The Hall–Kier alpha value is -2.34. The third-order valence-corrected chi connectivity index (χ3v) is 5.21. The molecule has 1 N–H and O–H groups in total. The van der Waals surface area contributed by atoms with Crippen molar-refractivity contribution in [1.29, 1.82) is 0 Å². The molecule has 128 valence electrons. The predicted molar refractivity (Wildman–Crippen MR) is 93.9 cm³/mol. The molecule has 0 unspecified atom stereocenters. The summed E-state index contributed by atoms with van der Waals surface area (Å²) in [4.78, 5) is 11.2. The molecule has 0 bridgehead atoms. The second kappa shape index (κ2) is 6.65. The molecule has 0 radical (unpaired) electrons. The summed E-state index contributed by atoms with van der Waals surface area (Å²) in [5.74, 6) is 0.0767. The number of aryl methyl sites for hydroxylation is 3. The van der Waals surface area contributed by atoms with Gasteiger partial charge in [-0.05, 0) is 62.1 Å². The highest BCUT2D eigenvalue weighted by Crippen LogP contribution is 2.30. The highest BCUT2D eigenvalue weighted by molar-refractivity contribution is 7.87. The summed E-state index contributed by atoms with van der Waals surface area (Å²) in [6.45, 7) is 8.58. The topological polar surface area (TPSA) is 72.5 Å². The van der Waals surface area contributed by atoms with Crippen LogP contribution in [0.15, 0.2) is 35.2 Å². The van der Waals surface area contributed by atoms with Gasteiger partial charge in [-0.3, -0.25) is 4.79 Å². The SMILES string of the molecule is CC(=O)Nc1ccc(C)c(S(=O)(=O)Oc2c(C)ccc(C)c2C)c1. The Labute approximate surface area is 142 Å². The summed E-state index contributed by atoms with van der Waals surface area (Å²) in [6, 6.07) is 8.45. The van der Waals surface area contributed by atoms with Crippen LogP contribution in [0.5, 0.6) is 5.75 Å². The van der Waals surface area contributed by atoms with Crippen molar-refractivity contribution in [2.24, 2.45) is 0 Å². The number of carbonyl (C=O) groups excluding carboxylic acids is 1. The minimum absolute atomic E-state index is 0.0362. The monoisotopic (exact) mass is 347 g/mol. The van der Waals surface area contributed by atoms with Crippen molar-refractivity contribution in [2.45, 2.75) is 39.5 Å². The Morgan fingerprint density at radius 2 is 1.54 bits per heavy atom. The van der Waals surface area contributed by atoms with Gasteiger partial charge in [0.05, 0.1) is 0 Å². The number of hydrogen-bond acceptors (Lipinski definition) is 4. The van der Waals surface area contributed by atoms with Crippen LogP contribution in [0.2, 0.25) is 0 Å². The van der Waals surface area contributed by atoms with Crippen LogP contribution < -0.4 is 9.50 Å². The molecule has 5 nitrogen and oxygen atoms in total. The average Bonchev–Trinajstić information content (AvgIpc) is 2.49. The summed E-state index contributed by atoms with van der Waals surface area (Å²) in [6.07, 6.45) is 0.